The maximum Gasteiger partial charge on any atom is 0.303 e. The van der Waals surface area contributed by atoms with E-state index in [2.05, 4.69) is 4.98 Å². The minimum absolute atomic E-state index is 0.461. The van der Waals surface area contributed by atoms with Crippen LogP contribution in [-0.2, 0) is 15.0 Å². The second kappa shape index (κ2) is 9.17. The van der Waals surface area contributed by atoms with Crippen molar-refractivity contribution < 1.29 is 18.4 Å². The molecule has 29 heavy (non-hydrogen) atoms. The molecule has 0 bridgehead atoms. The van der Waals surface area contributed by atoms with Gasteiger partial charge in [-0.1, -0.05) is 24.6 Å². The highest BCUT2D eigenvalue weighted by Gasteiger charge is 2.28. The number of carbonyl (C=O) groups excluding carboxylic acids is 1. The first-order chi connectivity index (χ1) is 13.9. The largest absolute Gasteiger partial charge is 0.303 e. The lowest BCUT2D eigenvalue weighted by molar-refractivity contribution is -0.124. The normalized spacial score (nSPS) is 15.7. The Kier molecular flexibility index (Phi) is 6.63. The van der Waals surface area contributed by atoms with E-state index >= 15 is 0 Å². The second-order valence-corrected chi connectivity index (χ2v) is 8.69. The molecule has 1 amide bonds. The number of piperidine rings is 1. The number of hydrogen-bond donors (Lipinski definition) is 2. The van der Waals surface area contributed by atoms with Crippen molar-refractivity contribution in [3.63, 3.8) is 0 Å². The third-order valence-corrected chi connectivity index (χ3v) is 6.76. The number of carbonyl (C=O) groups is 1. The van der Waals surface area contributed by atoms with E-state index in [1.807, 2.05) is 0 Å². The van der Waals surface area contributed by atoms with E-state index in [0.29, 0.717) is 35.6 Å². The third kappa shape index (κ3) is 4.81. The van der Waals surface area contributed by atoms with E-state index in [1.165, 1.54) is 21.7 Å². The van der Waals surface area contributed by atoms with Crippen molar-refractivity contribution in [2.24, 2.45) is 0 Å². The first kappa shape index (κ1) is 21.0. The Morgan fingerprint density at radius 3 is 2.59 bits per heavy atom. The van der Waals surface area contributed by atoms with Gasteiger partial charge in [0.1, 0.15) is 0 Å². The first-order valence-electron chi connectivity index (χ1n) is 9.35. The van der Waals surface area contributed by atoms with Gasteiger partial charge in [0, 0.05) is 38.0 Å². The molecule has 1 aromatic heterocycles. The number of rotatable bonds is 6. The number of nitrogens with one attached hydrogen (secondary N) is 1. The van der Waals surface area contributed by atoms with Crippen LogP contribution in [0.1, 0.15) is 30.5 Å². The standard InChI is InChI=1S/C20H24N4O4S/c1-23(29(27,28)24-12-5-2-6-13-24)17-9-7-8-16(14-17)18(15-20(25)22-26)19-10-3-4-11-21-19/h3-4,7-11,14-15,26H,2,5-6,12-13H2,1H3,(H,22,25). The van der Waals surface area contributed by atoms with E-state index < -0.39 is 16.1 Å². The Morgan fingerprint density at radius 2 is 1.93 bits per heavy atom. The van der Waals surface area contributed by atoms with Crippen LogP contribution in [-0.4, -0.2) is 49.0 Å². The van der Waals surface area contributed by atoms with E-state index in [1.54, 1.807) is 54.1 Å². The van der Waals surface area contributed by atoms with Crippen molar-refractivity contribution in [1.82, 2.24) is 14.8 Å². The van der Waals surface area contributed by atoms with Crippen molar-refractivity contribution in [2.75, 3.05) is 24.4 Å². The fraction of sp³-hybridized carbons (Fsp3) is 0.300. The van der Waals surface area contributed by atoms with Crippen LogP contribution in [0.5, 0.6) is 0 Å². The van der Waals surface area contributed by atoms with Crippen LogP contribution >= 0.6 is 0 Å². The van der Waals surface area contributed by atoms with Gasteiger partial charge in [0.25, 0.3) is 5.91 Å². The Labute approximate surface area is 170 Å². The fourth-order valence-electron chi connectivity index (χ4n) is 3.26. The second-order valence-electron chi connectivity index (χ2n) is 6.73. The molecule has 8 nitrogen and oxygen atoms in total. The van der Waals surface area contributed by atoms with E-state index in [4.69, 9.17) is 5.21 Å². The SMILES string of the molecule is CN(c1cccc(C(=CC(=O)NO)c2ccccn2)c1)S(=O)(=O)N1CCCCC1. The molecule has 1 aliphatic heterocycles. The molecule has 0 saturated carbocycles. The molecular formula is C20H24N4O4S. The number of hydroxylamine groups is 1. The number of hydrogen-bond acceptors (Lipinski definition) is 5. The molecule has 3 rings (SSSR count). The molecule has 1 saturated heterocycles. The molecular weight excluding hydrogens is 392 g/mol. The summed E-state index contributed by atoms with van der Waals surface area (Å²) in [6, 6.07) is 12.1. The monoisotopic (exact) mass is 416 g/mol. The summed E-state index contributed by atoms with van der Waals surface area (Å²) in [5.41, 5.74) is 3.64. The zero-order valence-corrected chi connectivity index (χ0v) is 17.0. The molecule has 0 radical (unpaired) electrons. The molecule has 1 fully saturated rings. The molecule has 0 atom stereocenters. The van der Waals surface area contributed by atoms with Crippen molar-refractivity contribution in [3.05, 3.63) is 66.0 Å². The number of amides is 1. The molecule has 2 heterocycles. The molecule has 9 heteroatoms. The van der Waals surface area contributed by atoms with Crippen LogP contribution in [0.3, 0.4) is 0 Å². The van der Waals surface area contributed by atoms with Crippen molar-refractivity contribution in [1.29, 1.82) is 0 Å². The Hall–Kier alpha value is -2.75. The van der Waals surface area contributed by atoms with Gasteiger partial charge >= 0.3 is 10.2 Å². The van der Waals surface area contributed by atoms with Crippen molar-refractivity contribution in [3.8, 4) is 0 Å². The highest BCUT2D eigenvalue weighted by atomic mass is 32.2. The number of pyridine rings is 1. The molecule has 2 N–H and O–H groups in total. The quantitative estimate of drug-likeness (QED) is 0.427. The fourth-order valence-corrected chi connectivity index (χ4v) is 4.71. The van der Waals surface area contributed by atoms with Gasteiger partial charge in [-0.25, -0.2) is 5.48 Å². The number of aromatic nitrogens is 1. The summed E-state index contributed by atoms with van der Waals surface area (Å²) >= 11 is 0. The summed E-state index contributed by atoms with van der Waals surface area (Å²) < 4.78 is 28.7. The van der Waals surface area contributed by atoms with Crippen molar-refractivity contribution in [2.45, 2.75) is 19.3 Å². The average Bonchev–Trinajstić information content (AvgIpc) is 2.78. The maximum atomic E-state index is 13.0. The van der Waals surface area contributed by atoms with Gasteiger partial charge in [0.2, 0.25) is 0 Å². The lowest BCUT2D eigenvalue weighted by Gasteiger charge is -2.31. The zero-order chi connectivity index (χ0) is 20.9. The summed E-state index contributed by atoms with van der Waals surface area (Å²) in [7, 11) is -2.12. The minimum Gasteiger partial charge on any atom is -0.288 e. The van der Waals surface area contributed by atoms with E-state index in [-0.39, 0.29) is 0 Å². The van der Waals surface area contributed by atoms with Crippen LogP contribution < -0.4 is 9.79 Å². The molecule has 0 spiro atoms. The summed E-state index contributed by atoms with van der Waals surface area (Å²) in [4.78, 5) is 16.0. The highest BCUT2D eigenvalue weighted by molar-refractivity contribution is 7.90. The smallest absolute Gasteiger partial charge is 0.288 e. The lowest BCUT2D eigenvalue weighted by Crippen LogP contribution is -2.44. The van der Waals surface area contributed by atoms with Gasteiger partial charge in [0.15, 0.2) is 0 Å². The Morgan fingerprint density at radius 1 is 1.17 bits per heavy atom. The van der Waals surface area contributed by atoms with Gasteiger partial charge < -0.3 is 0 Å². The van der Waals surface area contributed by atoms with Gasteiger partial charge in [-0.3, -0.25) is 19.3 Å². The topological polar surface area (TPSA) is 103 Å². The van der Waals surface area contributed by atoms with Crippen LogP contribution in [0.2, 0.25) is 0 Å². The Balaban J connectivity index is 1.98. The molecule has 1 aliphatic rings. The average molecular weight is 417 g/mol. The highest BCUT2D eigenvalue weighted by Crippen LogP contribution is 2.28. The molecule has 154 valence electrons. The van der Waals surface area contributed by atoms with Gasteiger partial charge in [-0.05, 0) is 42.7 Å². The summed E-state index contributed by atoms with van der Waals surface area (Å²) in [6.45, 7) is 1.03. The van der Waals surface area contributed by atoms with Crippen LogP contribution in [0.15, 0.2) is 54.7 Å². The van der Waals surface area contributed by atoms with E-state index in [0.717, 1.165) is 19.3 Å². The van der Waals surface area contributed by atoms with Gasteiger partial charge in [-0.2, -0.15) is 12.7 Å². The minimum atomic E-state index is -3.64. The predicted molar refractivity (Wildman–Crippen MR) is 110 cm³/mol. The number of nitrogens with zero attached hydrogens (tertiary/aromatic N) is 3. The molecule has 0 unspecified atom stereocenters. The van der Waals surface area contributed by atoms with Gasteiger partial charge in [-0.15, -0.1) is 0 Å². The summed E-state index contributed by atoms with van der Waals surface area (Å²) in [5, 5.41) is 8.91. The Bertz CT molecular complexity index is 987. The predicted octanol–water partition coefficient (Wildman–Crippen LogP) is 2.19. The van der Waals surface area contributed by atoms with Crippen LogP contribution in [0.4, 0.5) is 5.69 Å². The van der Waals surface area contributed by atoms with Crippen LogP contribution in [0, 0.1) is 0 Å². The first-order valence-corrected chi connectivity index (χ1v) is 10.7. The van der Waals surface area contributed by atoms with E-state index in [9.17, 15) is 13.2 Å². The van der Waals surface area contributed by atoms with Gasteiger partial charge in [0.05, 0.1) is 11.4 Å². The zero-order valence-electron chi connectivity index (χ0n) is 16.2. The number of anilines is 1. The molecule has 0 aliphatic carbocycles. The molecule has 1 aromatic carbocycles. The number of benzene rings is 1. The third-order valence-electron chi connectivity index (χ3n) is 4.83. The maximum absolute atomic E-state index is 13.0. The van der Waals surface area contributed by atoms with Crippen LogP contribution in [0.25, 0.3) is 5.57 Å². The lowest BCUT2D eigenvalue weighted by atomic mass is 10.0. The van der Waals surface area contributed by atoms with Crippen molar-refractivity contribution >= 4 is 27.4 Å². The molecule has 2 aromatic rings. The summed E-state index contributed by atoms with van der Waals surface area (Å²) in [5.74, 6) is -0.703. The summed E-state index contributed by atoms with van der Waals surface area (Å²) in [6.07, 6.45) is 5.57.